The van der Waals surface area contributed by atoms with Crippen molar-refractivity contribution in [3.8, 4) is 11.5 Å². The largest absolute Gasteiger partial charge is 0.491 e. The number of unbranched alkanes of at least 4 members (excludes halogenated alkanes) is 1. The Morgan fingerprint density at radius 2 is 1.96 bits per heavy atom. The Bertz CT molecular complexity index is 775. The molecule has 0 fully saturated rings. The van der Waals surface area contributed by atoms with Crippen molar-refractivity contribution in [2.45, 2.75) is 26.7 Å². The molecule has 0 bridgehead atoms. The van der Waals surface area contributed by atoms with Gasteiger partial charge in [0, 0.05) is 5.56 Å². The monoisotopic (exact) mass is 408 g/mol. The Morgan fingerprint density at radius 3 is 2.56 bits per heavy atom. The van der Waals surface area contributed by atoms with E-state index in [1.54, 1.807) is 30.3 Å². The zero-order valence-corrected chi connectivity index (χ0v) is 15.6. The maximum Gasteiger partial charge on any atom is 0.347 e. The van der Waals surface area contributed by atoms with Gasteiger partial charge in [-0.1, -0.05) is 31.5 Å². The van der Waals surface area contributed by atoms with Crippen molar-refractivity contribution in [3.63, 3.8) is 0 Å². The molecule has 2 rings (SSSR count). The van der Waals surface area contributed by atoms with E-state index in [4.69, 9.17) is 9.47 Å². The van der Waals surface area contributed by atoms with Crippen LogP contribution in [0.15, 0.2) is 34.8 Å². The quantitative estimate of drug-likeness (QED) is 0.276. The summed E-state index contributed by atoms with van der Waals surface area (Å²) in [4.78, 5) is 23.8. The van der Waals surface area contributed by atoms with Gasteiger partial charge in [0.2, 0.25) is 0 Å². The van der Waals surface area contributed by atoms with Gasteiger partial charge in [-0.15, -0.1) is 0 Å². The highest BCUT2D eigenvalue weighted by atomic mass is 79.9. The number of aldehydes is 1. The molecule has 0 N–H and O–H groups in total. The van der Waals surface area contributed by atoms with Gasteiger partial charge in [-0.25, -0.2) is 9.18 Å². The zero-order chi connectivity index (χ0) is 18.4. The predicted molar refractivity (Wildman–Crippen MR) is 96.0 cm³/mol. The molecule has 0 saturated heterocycles. The highest BCUT2D eigenvalue weighted by Gasteiger charge is 2.27. The second kappa shape index (κ2) is 8.76. The number of para-hydroxylation sites is 1. The maximum atomic E-state index is 14.5. The number of carbonyl (C=O) groups is 2. The van der Waals surface area contributed by atoms with Crippen LogP contribution in [0.3, 0.4) is 0 Å². The van der Waals surface area contributed by atoms with E-state index in [0.29, 0.717) is 18.6 Å². The molecule has 0 heterocycles. The summed E-state index contributed by atoms with van der Waals surface area (Å²) < 4.78 is 25.6. The molecule has 2 aromatic carbocycles. The van der Waals surface area contributed by atoms with Crippen molar-refractivity contribution in [3.05, 3.63) is 57.3 Å². The number of benzene rings is 2. The summed E-state index contributed by atoms with van der Waals surface area (Å²) in [5, 5.41) is 0. The summed E-state index contributed by atoms with van der Waals surface area (Å²) in [7, 11) is 0. The number of hydrogen-bond acceptors (Lipinski definition) is 4. The molecule has 0 spiro atoms. The van der Waals surface area contributed by atoms with E-state index in [1.165, 1.54) is 6.92 Å². The van der Waals surface area contributed by atoms with Gasteiger partial charge >= 0.3 is 5.97 Å². The van der Waals surface area contributed by atoms with Gasteiger partial charge in [-0.3, -0.25) is 4.79 Å². The van der Waals surface area contributed by atoms with Crippen LogP contribution in [0.1, 0.15) is 46.0 Å². The molecule has 0 unspecified atom stereocenters. The van der Waals surface area contributed by atoms with Crippen LogP contribution in [-0.2, 0) is 0 Å². The first-order chi connectivity index (χ1) is 12.0. The highest BCUT2D eigenvalue weighted by molar-refractivity contribution is 9.10. The Kier molecular flexibility index (Phi) is 6.70. The molecule has 0 aromatic heterocycles. The first-order valence-corrected chi connectivity index (χ1v) is 8.67. The lowest BCUT2D eigenvalue weighted by Crippen LogP contribution is -2.16. The lowest BCUT2D eigenvalue weighted by atomic mass is 10.0. The van der Waals surface area contributed by atoms with Crippen LogP contribution in [0, 0.1) is 12.7 Å². The highest BCUT2D eigenvalue weighted by Crippen LogP contribution is 2.37. The molecule has 0 atom stereocenters. The van der Waals surface area contributed by atoms with Crippen LogP contribution in [0.2, 0.25) is 0 Å². The van der Waals surface area contributed by atoms with Crippen molar-refractivity contribution in [2.75, 3.05) is 6.61 Å². The number of carbonyl (C=O) groups excluding carboxylic acids is 2. The van der Waals surface area contributed by atoms with Crippen LogP contribution >= 0.6 is 15.9 Å². The molecule has 4 nitrogen and oxygen atoms in total. The lowest BCUT2D eigenvalue weighted by Gasteiger charge is -2.17. The van der Waals surface area contributed by atoms with Crippen molar-refractivity contribution < 1.29 is 23.5 Å². The van der Waals surface area contributed by atoms with Gasteiger partial charge in [0.05, 0.1) is 16.6 Å². The number of hydrogen-bond donors (Lipinski definition) is 0. The second-order valence-corrected chi connectivity index (χ2v) is 6.19. The second-order valence-electron chi connectivity index (χ2n) is 5.39. The normalized spacial score (nSPS) is 10.4. The molecular formula is C19H18BrFO4. The first kappa shape index (κ1) is 19.1. The van der Waals surface area contributed by atoms with Crippen LogP contribution in [0.25, 0.3) is 0 Å². The summed E-state index contributed by atoms with van der Waals surface area (Å²) in [6, 6.07) is 8.48. The Labute approximate surface area is 154 Å². The SMILES string of the molecule is CCCCOc1c(Br)c(C=O)c(F)c(C)c1C(=O)Oc1ccccc1. The Hall–Kier alpha value is -2.21. The fraction of sp³-hybridized carbons (Fsp3) is 0.263. The van der Waals surface area contributed by atoms with Gasteiger partial charge in [-0.2, -0.15) is 0 Å². The van der Waals surface area contributed by atoms with E-state index in [1.807, 2.05) is 6.92 Å². The number of rotatable bonds is 7. The van der Waals surface area contributed by atoms with Crippen LogP contribution in [0.4, 0.5) is 4.39 Å². The number of esters is 1. The Morgan fingerprint density at radius 1 is 1.28 bits per heavy atom. The average molecular weight is 409 g/mol. The third-order valence-corrected chi connectivity index (χ3v) is 4.41. The minimum Gasteiger partial charge on any atom is -0.491 e. The third kappa shape index (κ3) is 4.25. The van der Waals surface area contributed by atoms with E-state index in [2.05, 4.69) is 15.9 Å². The zero-order valence-electron chi connectivity index (χ0n) is 14.0. The average Bonchev–Trinajstić information content (AvgIpc) is 2.61. The standard InChI is InChI=1S/C19H18BrFO4/c1-3-4-10-24-18-15(12(2)17(21)14(11-22)16(18)20)19(23)25-13-8-6-5-7-9-13/h5-9,11H,3-4,10H2,1-2H3. The summed E-state index contributed by atoms with van der Waals surface area (Å²) in [6.07, 6.45) is 2.04. The van der Waals surface area contributed by atoms with E-state index in [9.17, 15) is 14.0 Å². The van der Waals surface area contributed by atoms with Gasteiger partial charge in [0.25, 0.3) is 0 Å². The molecule has 2 aromatic rings. The van der Waals surface area contributed by atoms with Crippen LogP contribution < -0.4 is 9.47 Å². The van der Waals surface area contributed by atoms with Crippen molar-refractivity contribution in [1.29, 1.82) is 0 Å². The van der Waals surface area contributed by atoms with Crippen LogP contribution in [0.5, 0.6) is 11.5 Å². The predicted octanol–water partition coefficient (Wildman–Crippen LogP) is 5.11. The van der Waals surface area contributed by atoms with E-state index >= 15 is 0 Å². The summed E-state index contributed by atoms with van der Waals surface area (Å²) >= 11 is 3.18. The Balaban J connectivity index is 2.49. The van der Waals surface area contributed by atoms with Gasteiger partial charge < -0.3 is 9.47 Å². The third-order valence-electron chi connectivity index (χ3n) is 3.62. The molecule has 132 valence electrons. The number of ether oxygens (including phenoxy) is 2. The lowest BCUT2D eigenvalue weighted by molar-refractivity contribution is 0.0728. The molecule has 0 aliphatic rings. The summed E-state index contributed by atoms with van der Waals surface area (Å²) in [6.45, 7) is 3.75. The van der Waals surface area contributed by atoms with E-state index < -0.39 is 11.8 Å². The summed E-state index contributed by atoms with van der Waals surface area (Å²) in [5.41, 5.74) is -0.201. The van der Waals surface area contributed by atoms with E-state index in [0.717, 1.165) is 12.8 Å². The molecule has 25 heavy (non-hydrogen) atoms. The minimum absolute atomic E-state index is 0.0118. The number of halogens is 2. The molecular weight excluding hydrogens is 391 g/mol. The topological polar surface area (TPSA) is 52.6 Å². The molecule has 0 radical (unpaired) electrons. The molecule has 6 heteroatoms. The van der Waals surface area contributed by atoms with Crippen molar-refractivity contribution >= 4 is 28.2 Å². The van der Waals surface area contributed by atoms with Crippen molar-refractivity contribution in [2.24, 2.45) is 0 Å². The van der Waals surface area contributed by atoms with Gasteiger partial charge in [0.15, 0.2) is 6.29 Å². The summed E-state index contributed by atoms with van der Waals surface area (Å²) in [5.74, 6) is -1.06. The molecule has 0 saturated carbocycles. The van der Waals surface area contributed by atoms with Gasteiger partial charge in [-0.05, 0) is 41.4 Å². The first-order valence-electron chi connectivity index (χ1n) is 7.88. The van der Waals surface area contributed by atoms with Gasteiger partial charge in [0.1, 0.15) is 22.9 Å². The minimum atomic E-state index is -0.773. The van der Waals surface area contributed by atoms with Crippen molar-refractivity contribution in [1.82, 2.24) is 0 Å². The van der Waals surface area contributed by atoms with E-state index in [-0.39, 0.29) is 26.9 Å². The molecule has 0 amide bonds. The van der Waals surface area contributed by atoms with Crippen LogP contribution in [-0.4, -0.2) is 18.9 Å². The smallest absolute Gasteiger partial charge is 0.347 e. The molecule has 0 aliphatic carbocycles. The molecule has 0 aliphatic heterocycles. The fourth-order valence-electron chi connectivity index (χ4n) is 2.26. The fourth-order valence-corrected chi connectivity index (χ4v) is 2.84. The maximum absolute atomic E-state index is 14.5.